The summed E-state index contributed by atoms with van der Waals surface area (Å²) in [6.45, 7) is 5.29. The molecule has 5 heteroatoms. The molecule has 1 aromatic rings. The number of hydrogen-bond acceptors (Lipinski definition) is 5. The highest BCUT2D eigenvalue weighted by Crippen LogP contribution is 2.46. The second kappa shape index (κ2) is 21.2. The first-order valence-electron chi connectivity index (χ1n) is 19.4. The molecule has 0 radical (unpaired) electrons. The third kappa shape index (κ3) is 13.9. The highest BCUT2D eigenvalue weighted by molar-refractivity contribution is 5.64. The molecule has 3 fully saturated rings. The monoisotopic (exact) mass is 626 g/mol. The van der Waals surface area contributed by atoms with Gasteiger partial charge in [-0.15, -0.1) is 0 Å². The smallest absolute Gasteiger partial charge is 0.494 e. The molecule has 2 atom stereocenters. The third-order valence-corrected chi connectivity index (χ3v) is 11.0. The van der Waals surface area contributed by atoms with Crippen LogP contribution in [0.1, 0.15) is 168 Å². The van der Waals surface area contributed by atoms with Crippen LogP contribution in [0.25, 0.3) is 0 Å². The zero-order valence-corrected chi connectivity index (χ0v) is 29.0. The van der Waals surface area contributed by atoms with Crippen molar-refractivity contribution < 1.29 is 23.7 Å². The van der Waals surface area contributed by atoms with Crippen LogP contribution in [-0.4, -0.2) is 25.2 Å². The van der Waals surface area contributed by atoms with E-state index in [1.54, 1.807) is 12.1 Å². The maximum atomic E-state index is 12.4. The number of epoxide rings is 1. The van der Waals surface area contributed by atoms with Gasteiger partial charge in [0.1, 0.15) is 17.6 Å². The van der Waals surface area contributed by atoms with E-state index in [9.17, 15) is 4.79 Å². The van der Waals surface area contributed by atoms with Crippen LogP contribution < -0.4 is 9.47 Å². The fourth-order valence-electron chi connectivity index (χ4n) is 8.07. The number of unbranched alkanes of at least 4 members (excludes halogenated alkanes) is 13. The quantitative estimate of drug-likeness (QED) is 0.0554. The molecule has 1 aromatic carbocycles. The Morgan fingerprint density at radius 2 is 1.11 bits per heavy atom. The van der Waals surface area contributed by atoms with Crippen LogP contribution in [0.2, 0.25) is 0 Å². The predicted octanol–water partition coefficient (Wildman–Crippen LogP) is 12.2. The largest absolute Gasteiger partial charge is 0.516 e. The van der Waals surface area contributed by atoms with Gasteiger partial charge in [-0.05, 0) is 92.9 Å². The van der Waals surface area contributed by atoms with Crippen molar-refractivity contribution in [2.45, 2.75) is 180 Å². The zero-order chi connectivity index (χ0) is 31.5. The SMILES string of the molecule is CCCCCCCCCCCCOc1ccc(OC(=O)O[C@H]2O[C@H]2C2CCC([C@H]3CC[C@H](CCCCCCC)CC3)CC2)cc1. The van der Waals surface area contributed by atoms with Gasteiger partial charge < -0.3 is 18.9 Å². The summed E-state index contributed by atoms with van der Waals surface area (Å²) >= 11 is 0. The number of carbonyl (C=O) groups excluding carboxylic acids is 1. The molecule has 4 rings (SSSR count). The van der Waals surface area contributed by atoms with Gasteiger partial charge in [-0.1, -0.05) is 123 Å². The lowest BCUT2D eigenvalue weighted by atomic mass is 9.68. The van der Waals surface area contributed by atoms with Crippen LogP contribution in [0.15, 0.2) is 24.3 Å². The molecule has 2 aliphatic carbocycles. The van der Waals surface area contributed by atoms with Gasteiger partial charge in [0.25, 0.3) is 0 Å². The average molecular weight is 627 g/mol. The highest BCUT2D eigenvalue weighted by atomic mass is 16.8. The molecule has 45 heavy (non-hydrogen) atoms. The standard InChI is InChI=1S/C40H66O5/c1-3-5-7-9-10-11-12-13-15-17-31-42-36-27-29-37(30-28-36)43-40(41)45-39-38(44-39)35-25-23-34(24-26-35)33-21-19-32(20-22-33)18-16-14-8-6-4-2/h27-30,32-35,38-39H,3-26,31H2,1-2H3/t32-,33-,34?,35?,38-,39+/m0/s1. The number of ether oxygens (including phenoxy) is 4. The lowest BCUT2D eigenvalue weighted by molar-refractivity contribution is 0.0561. The topological polar surface area (TPSA) is 57.3 Å². The molecule has 1 heterocycles. The Hall–Kier alpha value is -1.75. The van der Waals surface area contributed by atoms with Crippen molar-refractivity contribution in [3.63, 3.8) is 0 Å². The normalized spacial score (nSPS) is 26.4. The van der Waals surface area contributed by atoms with Crippen LogP contribution in [0.4, 0.5) is 4.79 Å². The zero-order valence-electron chi connectivity index (χ0n) is 29.0. The van der Waals surface area contributed by atoms with Gasteiger partial charge in [-0.2, -0.15) is 0 Å². The highest BCUT2D eigenvalue weighted by Gasteiger charge is 2.49. The molecule has 0 spiro atoms. The fraction of sp³-hybridized carbons (Fsp3) is 0.825. The number of carbonyl (C=O) groups is 1. The van der Waals surface area contributed by atoms with Crippen LogP contribution in [0.5, 0.6) is 11.5 Å². The maximum Gasteiger partial charge on any atom is 0.516 e. The first kappa shape index (κ1) is 36.1. The second-order valence-corrected chi connectivity index (χ2v) is 14.6. The summed E-state index contributed by atoms with van der Waals surface area (Å²) in [7, 11) is 0. The summed E-state index contributed by atoms with van der Waals surface area (Å²) in [6, 6.07) is 7.25. The average Bonchev–Trinajstić information content (AvgIpc) is 3.83. The van der Waals surface area contributed by atoms with Crippen molar-refractivity contribution in [3.05, 3.63) is 24.3 Å². The van der Waals surface area contributed by atoms with Gasteiger partial charge >= 0.3 is 6.16 Å². The Kier molecular flexibility index (Phi) is 17.0. The number of benzene rings is 1. The number of rotatable bonds is 22. The molecule has 3 aliphatic rings. The molecule has 0 unspecified atom stereocenters. The van der Waals surface area contributed by atoms with E-state index in [1.165, 1.54) is 148 Å². The summed E-state index contributed by atoms with van der Waals surface area (Å²) in [5, 5.41) is 0. The fourth-order valence-corrected chi connectivity index (χ4v) is 8.07. The van der Waals surface area contributed by atoms with Crippen LogP contribution >= 0.6 is 0 Å². The number of hydrogen-bond donors (Lipinski definition) is 0. The summed E-state index contributed by atoms with van der Waals surface area (Å²) in [5.41, 5.74) is 0. The van der Waals surface area contributed by atoms with Crippen LogP contribution in [0.3, 0.4) is 0 Å². The van der Waals surface area contributed by atoms with E-state index in [2.05, 4.69) is 13.8 Å². The minimum atomic E-state index is -0.683. The van der Waals surface area contributed by atoms with Gasteiger partial charge in [-0.3, -0.25) is 0 Å². The van der Waals surface area contributed by atoms with E-state index < -0.39 is 12.4 Å². The Morgan fingerprint density at radius 3 is 1.71 bits per heavy atom. The van der Waals surface area contributed by atoms with E-state index in [4.69, 9.17) is 18.9 Å². The Balaban J connectivity index is 1.00. The summed E-state index contributed by atoms with van der Waals surface area (Å²) in [6.07, 6.45) is 31.4. The molecular weight excluding hydrogens is 560 g/mol. The lowest BCUT2D eigenvalue weighted by Crippen LogP contribution is -2.28. The summed E-state index contributed by atoms with van der Waals surface area (Å²) in [5.74, 6) is 4.58. The van der Waals surface area contributed by atoms with Gasteiger partial charge in [-0.25, -0.2) is 4.79 Å². The van der Waals surface area contributed by atoms with Crippen LogP contribution in [0, 0.1) is 23.7 Å². The first-order chi connectivity index (χ1) is 22.2. The molecular formula is C40H66O5. The molecule has 1 saturated heterocycles. The van der Waals surface area contributed by atoms with Gasteiger partial charge in [0.15, 0.2) is 0 Å². The van der Waals surface area contributed by atoms with Crippen molar-refractivity contribution in [1.29, 1.82) is 0 Å². The van der Waals surface area contributed by atoms with Crippen LogP contribution in [-0.2, 0) is 9.47 Å². The third-order valence-electron chi connectivity index (χ3n) is 11.0. The summed E-state index contributed by atoms with van der Waals surface area (Å²) < 4.78 is 22.6. The first-order valence-corrected chi connectivity index (χ1v) is 19.4. The molecule has 256 valence electrons. The van der Waals surface area contributed by atoms with Crippen molar-refractivity contribution in [2.24, 2.45) is 23.7 Å². The van der Waals surface area contributed by atoms with Gasteiger partial charge in [0, 0.05) is 0 Å². The Bertz CT molecular complexity index is 900. The maximum absolute atomic E-state index is 12.4. The van der Waals surface area contributed by atoms with E-state index in [1.807, 2.05) is 12.1 Å². The Labute approximate surface area is 275 Å². The van der Waals surface area contributed by atoms with Gasteiger partial charge in [0.2, 0.25) is 6.29 Å². The minimum absolute atomic E-state index is 0.0449. The Morgan fingerprint density at radius 1 is 0.622 bits per heavy atom. The van der Waals surface area contributed by atoms with Crippen molar-refractivity contribution in [2.75, 3.05) is 6.61 Å². The molecule has 1 aliphatic heterocycles. The molecule has 0 amide bonds. The predicted molar refractivity (Wildman–Crippen MR) is 184 cm³/mol. The molecule has 2 saturated carbocycles. The summed E-state index contributed by atoms with van der Waals surface area (Å²) in [4.78, 5) is 12.4. The lowest BCUT2D eigenvalue weighted by Gasteiger charge is -2.37. The van der Waals surface area contributed by atoms with Crippen molar-refractivity contribution in [3.8, 4) is 11.5 Å². The molecule has 0 bridgehead atoms. The van der Waals surface area contributed by atoms with E-state index in [-0.39, 0.29) is 6.10 Å². The molecule has 5 nitrogen and oxygen atoms in total. The van der Waals surface area contributed by atoms with Crippen molar-refractivity contribution in [1.82, 2.24) is 0 Å². The van der Waals surface area contributed by atoms with E-state index in [0.717, 1.165) is 36.5 Å². The van der Waals surface area contributed by atoms with E-state index >= 15 is 0 Å². The second-order valence-electron chi connectivity index (χ2n) is 14.6. The minimum Gasteiger partial charge on any atom is -0.494 e. The molecule has 0 aromatic heterocycles. The van der Waals surface area contributed by atoms with Crippen molar-refractivity contribution >= 4 is 6.16 Å². The van der Waals surface area contributed by atoms with E-state index in [0.29, 0.717) is 11.7 Å². The molecule has 0 N–H and O–H groups in total. The van der Waals surface area contributed by atoms with Gasteiger partial charge in [0.05, 0.1) is 6.61 Å².